The fourth-order valence-electron chi connectivity index (χ4n) is 2.20. The third-order valence-electron chi connectivity index (χ3n) is 3.55. The van der Waals surface area contributed by atoms with Crippen molar-refractivity contribution in [2.75, 3.05) is 13.7 Å². The van der Waals surface area contributed by atoms with Crippen molar-refractivity contribution < 1.29 is 19.0 Å². The molecule has 7 heteroatoms. The van der Waals surface area contributed by atoms with E-state index in [4.69, 9.17) is 27.9 Å². The summed E-state index contributed by atoms with van der Waals surface area (Å²) in [4.78, 5) is 12.4. The van der Waals surface area contributed by atoms with Gasteiger partial charge in [0.2, 0.25) is 0 Å². The molecule has 1 amide bonds. The third-order valence-corrected chi connectivity index (χ3v) is 4.16. The van der Waals surface area contributed by atoms with E-state index in [0.717, 1.165) is 0 Å². The van der Waals surface area contributed by atoms with E-state index in [1.54, 1.807) is 0 Å². The van der Waals surface area contributed by atoms with Gasteiger partial charge in [0.15, 0.2) is 5.75 Å². The van der Waals surface area contributed by atoms with Gasteiger partial charge in [-0.3, -0.25) is 4.79 Å². The Hall–Kier alpha value is -1.82. The number of halogens is 3. The molecule has 0 radical (unpaired) electrons. The second-order valence-corrected chi connectivity index (χ2v) is 6.22. The molecule has 2 aromatic rings. The Morgan fingerprint density at radius 2 is 1.79 bits per heavy atom. The lowest BCUT2D eigenvalue weighted by atomic mass is 9.96. The molecule has 1 atom stereocenters. The van der Waals surface area contributed by atoms with Crippen molar-refractivity contribution in [3.05, 3.63) is 63.4 Å². The number of carbonyl (C=O) groups is 1. The predicted molar refractivity (Wildman–Crippen MR) is 91.3 cm³/mol. The van der Waals surface area contributed by atoms with Gasteiger partial charge in [0, 0.05) is 0 Å². The van der Waals surface area contributed by atoms with Gasteiger partial charge in [-0.25, -0.2) is 4.39 Å². The Labute approximate surface area is 149 Å². The van der Waals surface area contributed by atoms with E-state index in [2.05, 4.69) is 5.32 Å². The van der Waals surface area contributed by atoms with Crippen molar-refractivity contribution >= 4 is 29.1 Å². The van der Waals surface area contributed by atoms with Crippen LogP contribution in [0.5, 0.6) is 5.75 Å². The summed E-state index contributed by atoms with van der Waals surface area (Å²) in [5.41, 5.74) is -0.836. The molecule has 0 fully saturated rings. The molecule has 0 heterocycles. The van der Waals surface area contributed by atoms with Crippen molar-refractivity contribution in [2.45, 2.75) is 12.5 Å². The van der Waals surface area contributed by atoms with Gasteiger partial charge in [0.1, 0.15) is 17.0 Å². The zero-order valence-electron chi connectivity index (χ0n) is 13.1. The topological polar surface area (TPSA) is 58.6 Å². The van der Waals surface area contributed by atoms with Crippen molar-refractivity contribution in [3.63, 3.8) is 0 Å². The molecule has 0 saturated heterocycles. The maximum Gasteiger partial charge on any atom is 0.256 e. The monoisotopic (exact) mass is 371 g/mol. The van der Waals surface area contributed by atoms with Gasteiger partial charge in [-0.05, 0) is 36.8 Å². The van der Waals surface area contributed by atoms with E-state index < -0.39 is 17.3 Å². The van der Waals surface area contributed by atoms with Crippen LogP contribution in [-0.4, -0.2) is 24.7 Å². The maximum absolute atomic E-state index is 13.0. The summed E-state index contributed by atoms with van der Waals surface area (Å²) >= 11 is 12.1. The highest BCUT2D eigenvalue weighted by molar-refractivity contribution is 6.37. The summed E-state index contributed by atoms with van der Waals surface area (Å²) in [6.07, 6.45) is 0. The second-order valence-electron chi connectivity index (χ2n) is 5.40. The SMILES string of the molecule is COc1c(Cl)ccc(Cl)c1C(=O)NCC(C)(O)c1ccc(F)cc1. The highest BCUT2D eigenvalue weighted by Crippen LogP contribution is 2.33. The van der Waals surface area contributed by atoms with Gasteiger partial charge < -0.3 is 15.2 Å². The van der Waals surface area contributed by atoms with E-state index in [1.807, 2.05) is 0 Å². The van der Waals surface area contributed by atoms with Gasteiger partial charge in [-0.1, -0.05) is 35.3 Å². The minimum absolute atomic E-state index is 0.0848. The smallest absolute Gasteiger partial charge is 0.256 e. The summed E-state index contributed by atoms with van der Waals surface area (Å²) in [5.74, 6) is -0.793. The Morgan fingerprint density at radius 1 is 1.21 bits per heavy atom. The number of hydrogen-bond donors (Lipinski definition) is 2. The quantitative estimate of drug-likeness (QED) is 0.840. The molecule has 0 spiro atoms. The van der Waals surface area contributed by atoms with E-state index in [0.29, 0.717) is 5.56 Å². The molecule has 128 valence electrons. The molecule has 0 aliphatic rings. The van der Waals surface area contributed by atoms with Crippen LogP contribution < -0.4 is 10.1 Å². The number of ether oxygens (including phenoxy) is 1. The van der Waals surface area contributed by atoms with Crippen molar-refractivity contribution in [3.8, 4) is 5.75 Å². The van der Waals surface area contributed by atoms with E-state index in [-0.39, 0.29) is 27.9 Å². The van der Waals surface area contributed by atoms with Crippen molar-refractivity contribution in [1.82, 2.24) is 5.32 Å². The summed E-state index contributed by atoms with van der Waals surface area (Å²) in [5, 5.41) is 13.5. The molecule has 2 rings (SSSR count). The number of methoxy groups -OCH3 is 1. The zero-order chi connectivity index (χ0) is 17.9. The van der Waals surface area contributed by atoms with E-state index >= 15 is 0 Å². The zero-order valence-corrected chi connectivity index (χ0v) is 14.6. The highest BCUT2D eigenvalue weighted by Gasteiger charge is 2.26. The number of hydrogen-bond acceptors (Lipinski definition) is 3. The number of carbonyl (C=O) groups excluding carboxylic acids is 1. The molecule has 1 unspecified atom stereocenters. The van der Waals surface area contributed by atoms with Crippen LogP contribution in [0.1, 0.15) is 22.8 Å². The lowest BCUT2D eigenvalue weighted by molar-refractivity contribution is 0.0525. The van der Waals surface area contributed by atoms with Gasteiger partial charge in [0.05, 0.1) is 23.7 Å². The molecule has 2 N–H and O–H groups in total. The van der Waals surface area contributed by atoms with Crippen LogP contribution in [0.15, 0.2) is 36.4 Å². The largest absolute Gasteiger partial charge is 0.494 e. The minimum Gasteiger partial charge on any atom is -0.494 e. The first-order valence-electron chi connectivity index (χ1n) is 7.05. The molecule has 0 aliphatic carbocycles. The molecule has 0 aliphatic heterocycles. The van der Waals surface area contributed by atoms with Crippen LogP contribution in [-0.2, 0) is 5.60 Å². The molecule has 0 bridgehead atoms. The Balaban J connectivity index is 2.19. The van der Waals surface area contributed by atoms with Crippen LogP contribution in [0.25, 0.3) is 0 Å². The second kappa shape index (κ2) is 7.38. The normalized spacial score (nSPS) is 13.2. The Morgan fingerprint density at radius 3 is 2.38 bits per heavy atom. The van der Waals surface area contributed by atoms with Gasteiger partial charge >= 0.3 is 0 Å². The molecule has 2 aromatic carbocycles. The maximum atomic E-state index is 13.0. The molecule has 4 nitrogen and oxygen atoms in total. The molecular formula is C17H16Cl2FNO3. The lowest BCUT2D eigenvalue weighted by Crippen LogP contribution is -2.38. The first-order chi connectivity index (χ1) is 11.3. The van der Waals surface area contributed by atoms with Gasteiger partial charge in [-0.15, -0.1) is 0 Å². The number of amides is 1. The number of nitrogens with one attached hydrogen (secondary N) is 1. The molecule has 0 saturated carbocycles. The van der Waals surface area contributed by atoms with Gasteiger partial charge in [-0.2, -0.15) is 0 Å². The summed E-state index contributed by atoms with van der Waals surface area (Å²) in [6.45, 7) is 1.40. The first kappa shape index (κ1) is 18.5. The summed E-state index contributed by atoms with van der Waals surface area (Å²) < 4.78 is 18.1. The predicted octanol–water partition coefficient (Wildman–Crippen LogP) is 3.78. The average Bonchev–Trinajstić information content (AvgIpc) is 2.55. The van der Waals surface area contributed by atoms with Crippen LogP contribution in [0.2, 0.25) is 10.0 Å². The Kier molecular flexibility index (Phi) is 5.70. The van der Waals surface area contributed by atoms with E-state index in [9.17, 15) is 14.3 Å². The number of benzene rings is 2. The molecule has 0 aromatic heterocycles. The minimum atomic E-state index is -1.39. The number of rotatable bonds is 5. The lowest BCUT2D eigenvalue weighted by Gasteiger charge is -2.24. The molecular weight excluding hydrogens is 356 g/mol. The van der Waals surface area contributed by atoms with Gasteiger partial charge in [0.25, 0.3) is 5.91 Å². The molecule has 24 heavy (non-hydrogen) atoms. The van der Waals surface area contributed by atoms with Crippen LogP contribution in [0, 0.1) is 5.82 Å². The standard InChI is InChI=1S/C17H16Cl2FNO3/c1-17(23,10-3-5-11(20)6-4-10)9-21-16(22)14-12(18)7-8-13(19)15(14)24-2/h3-8,23H,9H2,1-2H3,(H,21,22). The van der Waals surface area contributed by atoms with Crippen molar-refractivity contribution in [1.29, 1.82) is 0 Å². The van der Waals surface area contributed by atoms with Crippen LogP contribution in [0.3, 0.4) is 0 Å². The van der Waals surface area contributed by atoms with Crippen LogP contribution in [0.4, 0.5) is 4.39 Å². The van der Waals surface area contributed by atoms with E-state index in [1.165, 1.54) is 50.4 Å². The van der Waals surface area contributed by atoms with Crippen molar-refractivity contribution in [2.24, 2.45) is 0 Å². The average molecular weight is 372 g/mol. The summed E-state index contributed by atoms with van der Waals surface area (Å²) in [7, 11) is 1.38. The van der Waals surface area contributed by atoms with Crippen LogP contribution >= 0.6 is 23.2 Å². The first-order valence-corrected chi connectivity index (χ1v) is 7.80. The summed E-state index contributed by atoms with van der Waals surface area (Å²) in [6, 6.07) is 8.39. The fraction of sp³-hybridized carbons (Fsp3) is 0.235. The number of aliphatic hydroxyl groups is 1. The third kappa shape index (κ3) is 3.98. The highest BCUT2D eigenvalue weighted by atomic mass is 35.5. The Bertz CT molecular complexity index is 748. The fourth-order valence-corrected chi connectivity index (χ4v) is 2.67.